The lowest BCUT2D eigenvalue weighted by Gasteiger charge is -2.21. The number of carbonyl (C=O) groups excluding carboxylic acids is 1. The van der Waals surface area contributed by atoms with Crippen LogP contribution in [0.15, 0.2) is 17.1 Å². The van der Waals surface area contributed by atoms with Gasteiger partial charge in [-0.25, -0.2) is 13.9 Å². The lowest BCUT2D eigenvalue weighted by atomic mass is 10.0. The van der Waals surface area contributed by atoms with E-state index in [0.717, 1.165) is 49.5 Å². The summed E-state index contributed by atoms with van der Waals surface area (Å²) in [5.41, 5.74) is 4.60. The number of ether oxygens (including phenoxy) is 3. The van der Waals surface area contributed by atoms with Crippen molar-refractivity contribution in [2.75, 3.05) is 32.2 Å². The van der Waals surface area contributed by atoms with Gasteiger partial charge >= 0.3 is 27.3 Å². The number of aromatic nitrogens is 2. The van der Waals surface area contributed by atoms with Crippen molar-refractivity contribution in [3.8, 4) is 0 Å². The number of carbonyl (C=O) groups is 1. The number of aliphatic hydroxyl groups excluding tert-OH is 2. The molecule has 1 saturated heterocycles. The second-order valence-electron chi connectivity index (χ2n) is 15.6. The molecule has 1 aliphatic heterocycles. The van der Waals surface area contributed by atoms with Crippen LogP contribution in [0.2, 0.25) is 0 Å². The molecule has 1 aromatic heterocycles. The predicted molar refractivity (Wildman–Crippen MR) is 224 cm³/mol. The first-order chi connectivity index (χ1) is 28.3. The van der Waals surface area contributed by atoms with E-state index in [4.69, 9.17) is 29.0 Å². The molecule has 19 heteroatoms. The summed E-state index contributed by atoms with van der Waals surface area (Å²) >= 11 is 0. The van der Waals surface area contributed by atoms with Crippen LogP contribution in [-0.4, -0.2) is 86.4 Å². The number of phosphoric ester groups is 2. The highest BCUT2D eigenvalue weighted by atomic mass is 31.3. The van der Waals surface area contributed by atoms with E-state index in [1.165, 1.54) is 109 Å². The van der Waals surface area contributed by atoms with Gasteiger partial charge < -0.3 is 39.9 Å². The average molecular weight is 884 g/mol. The number of hydrogen-bond donors (Lipinski definition) is 5. The number of aliphatic hydroxyl groups is 2. The van der Waals surface area contributed by atoms with Crippen LogP contribution in [-0.2, 0) is 41.5 Å². The standard InChI is InChI=1S/C40H75N3O14P2/c1-3-5-7-9-11-13-15-16-17-18-20-22-24-26-36(44)55-33(30-52-29-25-23-21-19-14-12-10-8-6-4-2)31-53-58(48,49)57-59(50,51)54-32-34-37(45)38(46)39(56-34)43-28-27-35(41)42-40(43)47/h27-28,33-34,37-39,45-46H,3-26,29-32H2,1-2H3,(H,48,49)(H,50,51)(H2,41,42,47)/t33?,34-,37-,38+,39?/m1/s1. The van der Waals surface area contributed by atoms with Crippen LogP contribution in [0.4, 0.5) is 5.82 Å². The van der Waals surface area contributed by atoms with Crippen molar-refractivity contribution in [2.45, 2.75) is 199 Å². The zero-order chi connectivity index (χ0) is 43.4. The minimum atomic E-state index is -5.34. The molecule has 59 heavy (non-hydrogen) atoms. The molecule has 0 bridgehead atoms. The van der Waals surface area contributed by atoms with Crippen LogP contribution in [0.1, 0.15) is 174 Å². The highest BCUT2D eigenvalue weighted by Crippen LogP contribution is 2.60. The molecule has 2 heterocycles. The number of esters is 1. The molecule has 2 rings (SSSR count). The van der Waals surface area contributed by atoms with Crippen molar-refractivity contribution in [1.82, 2.24) is 9.55 Å². The third-order valence-corrected chi connectivity index (χ3v) is 12.8. The maximum Gasteiger partial charge on any atom is 0.481 e. The summed E-state index contributed by atoms with van der Waals surface area (Å²) in [6.45, 7) is 3.09. The molecule has 1 aliphatic rings. The molecule has 17 nitrogen and oxygen atoms in total. The van der Waals surface area contributed by atoms with Crippen molar-refractivity contribution in [1.29, 1.82) is 0 Å². The van der Waals surface area contributed by atoms with Crippen LogP contribution >= 0.6 is 15.6 Å². The molecule has 1 aromatic rings. The number of nitrogen functional groups attached to an aromatic ring is 1. The van der Waals surface area contributed by atoms with Gasteiger partial charge in [-0.3, -0.25) is 18.4 Å². The van der Waals surface area contributed by atoms with E-state index in [9.17, 15) is 38.7 Å². The van der Waals surface area contributed by atoms with Gasteiger partial charge in [0.05, 0.1) is 19.8 Å². The van der Waals surface area contributed by atoms with Crippen LogP contribution in [0.25, 0.3) is 0 Å². The minimum absolute atomic E-state index is 0.0837. The summed E-state index contributed by atoms with van der Waals surface area (Å²) in [7, 11) is -10.6. The Morgan fingerprint density at radius 3 is 1.78 bits per heavy atom. The molecule has 0 amide bonds. The van der Waals surface area contributed by atoms with Gasteiger partial charge in [0.15, 0.2) is 6.23 Å². The molecule has 0 saturated carbocycles. The van der Waals surface area contributed by atoms with Gasteiger partial charge in [-0.2, -0.15) is 9.29 Å². The second-order valence-corrected chi connectivity index (χ2v) is 18.6. The third-order valence-electron chi connectivity index (χ3n) is 10.2. The van der Waals surface area contributed by atoms with Gasteiger partial charge in [-0.15, -0.1) is 0 Å². The highest BCUT2D eigenvalue weighted by molar-refractivity contribution is 7.61. The summed E-state index contributed by atoms with van der Waals surface area (Å²) in [5.74, 6) is -0.610. The Morgan fingerprint density at radius 2 is 1.25 bits per heavy atom. The van der Waals surface area contributed by atoms with Crippen molar-refractivity contribution < 1.29 is 61.5 Å². The second kappa shape index (κ2) is 31.1. The summed E-state index contributed by atoms with van der Waals surface area (Å²) in [4.78, 5) is 49.0. The summed E-state index contributed by atoms with van der Waals surface area (Å²) in [6, 6.07) is 1.26. The SMILES string of the molecule is CCCCCCCCCCCCCCCC(=O)OC(COCCCCCCCCCCCC)COP(=O)(O)OP(=O)(O)OC[C@H]1OC(n2ccc(N)nc2=O)[C@@H](O)[C@@H]1O. The highest BCUT2D eigenvalue weighted by Gasteiger charge is 2.46. The van der Waals surface area contributed by atoms with Crippen molar-refractivity contribution in [3.63, 3.8) is 0 Å². The molecule has 0 aromatic carbocycles. The Bertz CT molecular complexity index is 1420. The molecule has 1 fully saturated rings. The molecule has 7 atom stereocenters. The molecule has 344 valence electrons. The van der Waals surface area contributed by atoms with E-state index in [1.807, 2.05) is 0 Å². The first-order valence-corrected chi connectivity index (χ1v) is 25.1. The minimum Gasteiger partial charge on any atom is -0.457 e. The van der Waals surface area contributed by atoms with Gasteiger partial charge in [-0.1, -0.05) is 149 Å². The zero-order valence-electron chi connectivity index (χ0n) is 35.6. The van der Waals surface area contributed by atoms with E-state index in [-0.39, 0.29) is 18.8 Å². The number of anilines is 1. The normalized spacial score (nSPS) is 20.6. The van der Waals surface area contributed by atoms with Crippen LogP contribution in [0.3, 0.4) is 0 Å². The number of hydrogen-bond acceptors (Lipinski definition) is 14. The number of nitrogens with two attached hydrogens (primary N) is 1. The fourth-order valence-corrected chi connectivity index (χ4v) is 8.90. The quantitative estimate of drug-likeness (QED) is 0.0241. The number of rotatable bonds is 37. The molecule has 6 N–H and O–H groups in total. The first-order valence-electron chi connectivity index (χ1n) is 22.1. The largest absolute Gasteiger partial charge is 0.481 e. The van der Waals surface area contributed by atoms with Crippen LogP contribution in [0.5, 0.6) is 0 Å². The maximum absolute atomic E-state index is 12.8. The lowest BCUT2D eigenvalue weighted by molar-refractivity contribution is -0.154. The summed E-state index contributed by atoms with van der Waals surface area (Å²) < 4.78 is 57.2. The molecule has 4 unspecified atom stereocenters. The number of nitrogens with zero attached hydrogens (tertiary/aromatic N) is 2. The Labute approximate surface area is 351 Å². The zero-order valence-corrected chi connectivity index (χ0v) is 37.4. The van der Waals surface area contributed by atoms with Gasteiger partial charge in [0, 0.05) is 19.2 Å². The Morgan fingerprint density at radius 1 is 0.763 bits per heavy atom. The van der Waals surface area contributed by atoms with E-state index >= 15 is 0 Å². The monoisotopic (exact) mass is 883 g/mol. The molecule has 0 spiro atoms. The van der Waals surface area contributed by atoms with Crippen LogP contribution in [0, 0.1) is 0 Å². The Balaban J connectivity index is 1.80. The predicted octanol–water partition coefficient (Wildman–Crippen LogP) is 8.03. The van der Waals surface area contributed by atoms with Crippen molar-refractivity contribution >= 4 is 27.4 Å². The fraction of sp³-hybridized carbons (Fsp3) is 0.875. The summed E-state index contributed by atoms with van der Waals surface area (Å²) in [6.07, 6.45) is 20.6. The maximum atomic E-state index is 12.8. The summed E-state index contributed by atoms with van der Waals surface area (Å²) in [5, 5.41) is 20.8. The van der Waals surface area contributed by atoms with E-state index < -0.39 is 71.2 Å². The Hall–Kier alpha value is -1.75. The first kappa shape index (κ1) is 53.4. The van der Waals surface area contributed by atoms with E-state index in [0.29, 0.717) is 13.0 Å². The topological polar surface area (TPSA) is 248 Å². The van der Waals surface area contributed by atoms with E-state index in [2.05, 4.69) is 23.1 Å². The molecule has 0 aliphatic carbocycles. The molecular formula is C40H75N3O14P2. The van der Waals surface area contributed by atoms with Gasteiger partial charge in [0.2, 0.25) is 0 Å². The third kappa shape index (κ3) is 24.5. The number of unbranched alkanes of at least 4 members (excludes halogenated alkanes) is 21. The molecular weight excluding hydrogens is 808 g/mol. The Kier molecular flexibility index (Phi) is 28.2. The van der Waals surface area contributed by atoms with Crippen molar-refractivity contribution in [3.05, 3.63) is 22.7 Å². The van der Waals surface area contributed by atoms with Gasteiger partial charge in [0.1, 0.15) is 30.2 Å². The van der Waals surface area contributed by atoms with Gasteiger partial charge in [-0.05, 0) is 18.9 Å². The fourth-order valence-electron chi connectivity index (χ4n) is 6.79. The number of phosphoric acid groups is 2. The van der Waals surface area contributed by atoms with Crippen LogP contribution < -0.4 is 11.4 Å². The average Bonchev–Trinajstić information content (AvgIpc) is 3.46. The van der Waals surface area contributed by atoms with Gasteiger partial charge in [0.25, 0.3) is 0 Å². The molecule has 0 radical (unpaired) electrons. The smallest absolute Gasteiger partial charge is 0.457 e. The van der Waals surface area contributed by atoms with Crippen molar-refractivity contribution in [2.24, 2.45) is 0 Å². The lowest BCUT2D eigenvalue weighted by Crippen LogP contribution is -2.36. The van der Waals surface area contributed by atoms with E-state index in [1.54, 1.807) is 0 Å².